The molecule has 9 heteroatoms. The van der Waals surface area contributed by atoms with Crippen LogP contribution in [-0.4, -0.2) is 42.8 Å². The second-order valence-corrected chi connectivity index (χ2v) is 8.56. The predicted molar refractivity (Wildman–Crippen MR) is 130 cm³/mol. The van der Waals surface area contributed by atoms with E-state index in [1.165, 1.54) is 6.07 Å². The van der Waals surface area contributed by atoms with Crippen molar-refractivity contribution in [2.45, 2.75) is 77.5 Å². The Bertz CT molecular complexity index is 733. The van der Waals surface area contributed by atoms with Crippen molar-refractivity contribution in [1.82, 2.24) is 16.0 Å². The van der Waals surface area contributed by atoms with Crippen molar-refractivity contribution in [3.63, 3.8) is 0 Å². The largest absolute Gasteiger partial charge is 0.444 e. The van der Waals surface area contributed by atoms with Gasteiger partial charge in [-0.1, -0.05) is 12.1 Å². The van der Waals surface area contributed by atoms with Crippen molar-refractivity contribution in [3.8, 4) is 0 Å². The summed E-state index contributed by atoms with van der Waals surface area (Å²) in [6.45, 7) is 8.57. The quantitative estimate of drug-likeness (QED) is 0.276. The number of benzene rings is 1. The molecule has 1 aliphatic rings. The van der Waals surface area contributed by atoms with Gasteiger partial charge in [0, 0.05) is 25.2 Å². The summed E-state index contributed by atoms with van der Waals surface area (Å²) in [6.07, 6.45) is 3.44. The van der Waals surface area contributed by atoms with Gasteiger partial charge in [0.25, 0.3) is 0 Å². The van der Waals surface area contributed by atoms with Crippen molar-refractivity contribution in [2.24, 2.45) is 4.99 Å². The first kappa shape index (κ1) is 27.4. The molecule has 1 aromatic carbocycles. The van der Waals surface area contributed by atoms with Crippen LogP contribution in [0.1, 0.15) is 58.9 Å². The van der Waals surface area contributed by atoms with Gasteiger partial charge in [0.1, 0.15) is 5.60 Å². The van der Waals surface area contributed by atoms with Gasteiger partial charge >= 0.3 is 6.09 Å². The fraction of sp³-hybridized carbons (Fsp3) is 0.636. The van der Waals surface area contributed by atoms with Gasteiger partial charge in [-0.15, -0.1) is 24.0 Å². The number of ether oxygens (including phenoxy) is 1. The Morgan fingerprint density at radius 3 is 2.32 bits per heavy atom. The summed E-state index contributed by atoms with van der Waals surface area (Å²) in [4.78, 5) is 16.4. The Labute approximate surface area is 201 Å². The van der Waals surface area contributed by atoms with Crippen LogP contribution in [-0.2, 0) is 11.2 Å². The highest BCUT2D eigenvalue weighted by atomic mass is 127. The van der Waals surface area contributed by atoms with Crippen LogP contribution in [0.3, 0.4) is 0 Å². The fourth-order valence-electron chi connectivity index (χ4n) is 3.40. The van der Waals surface area contributed by atoms with E-state index < -0.39 is 17.2 Å². The van der Waals surface area contributed by atoms with Gasteiger partial charge in [-0.3, -0.25) is 4.99 Å². The molecule has 1 aromatic rings. The van der Waals surface area contributed by atoms with E-state index in [-0.39, 0.29) is 42.2 Å². The van der Waals surface area contributed by atoms with Crippen LogP contribution >= 0.6 is 24.0 Å². The van der Waals surface area contributed by atoms with Crippen molar-refractivity contribution < 1.29 is 18.3 Å². The van der Waals surface area contributed by atoms with Gasteiger partial charge in [0.2, 0.25) is 0 Å². The van der Waals surface area contributed by atoms with Crippen molar-refractivity contribution in [2.75, 3.05) is 13.1 Å². The minimum Gasteiger partial charge on any atom is -0.444 e. The van der Waals surface area contributed by atoms with Crippen molar-refractivity contribution in [1.29, 1.82) is 0 Å². The Balaban J connectivity index is 0.00000480. The number of alkyl carbamates (subject to hydrolysis) is 1. The second-order valence-electron chi connectivity index (χ2n) is 8.56. The lowest BCUT2D eigenvalue weighted by atomic mass is 9.91. The molecule has 0 radical (unpaired) electrons. The Morgan fingerprint density at radius 1 is 1.13 bits per heavy atom. The number of nitrogens with zero attached hydrogens (tertiary/aromatic N) is 1. The van der Waals surface area contributed by atoms with Gasteiger partial charge in [-0.25, -0.2) is 13.6 Å². The van der Waals surface area contributed by atoms with E-state index in [1.807, 2.05) is 27.7 Å². The van der Waals surface area contributed by atoms with E-state index in [4.69, 9.17) is 4.74 Å². The molecule has 0 saturated heterocycles. The van der Waals surface area contributed by atoms with Crippen molar-refractivity contribution in [3.05, 3.63) is 35.4 Å². The zero-order valence-corrected chi connectivity index (χ0v) is 21.1. The summed E-state index contributed by atoms with van der Waals surface area (Å²) in [7, 11) is 0. The van der Waals surface area contributed by atoms with Crippen LogP contribution < -0.4 is 16.0 Å². The number of rotatable bonds is 6. The van der Waals surface area contributed by atoms with Gasteiger partial charge < -0.3 is 20.7 Å². The molecule has 31 heavy (non-hydrogen) atoms. The molecule has 1 saturated carbocycles. The van der Waals surface area contributed by atoms with Gasteiger partial charge in [0.05, 0.1) is 0 Å². The van der Waals surface area contributed by atoms with Crippen molar-refractivity contribution >= 4 is 36.0 Å². The normalized spacial score (nSPS) is 19.2. The smallest absolute Gasteiger partial charge is 0.407 e. The maximum atomic E-state index is 13.8. The number of amides is 1. The average Bonchev–Trinajstić information content (AvgIpc) is 2.65. The Hall–Kier alpha value is -1.65. The number of aliphatic imine (C=N–C) groups is 1. The SMILES string of the molecule is CCNC(=NCCc1cccc(F)c1F)NC1CCC(NC(=O)OC(C)(C)C)CC1.I. The molecule has 176 valence electrons. The molecule has 0 spiro atoms. The highest BCUT2D eigenvalue weighted by Gasteiger charge is 2.25. The zero-order valence-electron chi connectivity index (χ0n) is 18.8. The van der Waals surface area contributed by atoms with Crippen LogP contribution in [0.25, 0.3) is 0 Å². The summed E-state index contributed by atoms with van der Waals surface area (Å²) in [5.41, 5.74) is -0.183. The second kappa shape index (κ2) is 13.0. The van der Waals surface area contributed by atoms with Crippen LogP contribution in [0.2, 0.25) is 0 Å². The molecule has 1 fully saturated rings. The molecule has 3 N–H and O–H groups in total. The summed E-state index contributed by atoms with van der Waals surface area (Å²) in [5, 5.41) is 9.54. The predicted octanol–water partition coefficient (Wildman–Crippen LogP) is 4.52. The lowest BCUT2D eigenvalue weighted by Crippen LogP contribution is -2.48. The summed E-state index contributed by atoms with van der Waals surface area (Å²) in [5.74, 6) is -0.974. The molecular weight excluding hydrogens is 517 g/mol. The lowest BCUT2D eigenvalue weighted by molar-refractivity contribution is 0.0490. The molecule has 0 unspecified atom stereocenters. The molecule has 0 aliphatic heterocycles. The number of nitrogens with one attached hydrogen (secondary N) is 3. The molecule has 0 aromatic heterocycles. The molecule has 1 aliphatic carbocycles. The van der Waals surface area contributed by atoms with Gasteiger partial charge in [-0.2, -0.15) is 0 Å². The molecule has 1 amide bonds. The number of hydrogen-bond donors (Lipinski definition) is 3. The minimum absolute atomic E-state index is 0. The number of halogens is 3. The number of guanidine groups is 1. The fourth-order valence-corrected chi connectivity index (χ4v) is 3.40. The zero-order chi connectivity index (χ0) is 22.1. The Morgan fingerprint density at radius 2 is 1.74 bits per heavy atom. The molecule has 0 heterocycles. The first-order valence-corrected chi connectivity index (χ1v) is 10.6. The highest BCUT2D eigenvalue weighted by Crippen LogP contribution is 2.19. The minimum atomic E-state index is -0.835. The molecule has 0 atom stereocenters. The molecule has 6 nitrogen and oxygen atoms in total. The van der Waals surface area contributed by atoms with E-state index in [0.717, 1.165) is 31.7 Å². The van der Waals surface area contributed by atoms with Crippen LogP contribution in [0.4, 0.5) is 13.6 Å². The number of carbonyl (C=O) groups is 1. The third-order valence-corrected chi connectivity index (χ3v) is 4.82. The van der Waals surface area contributed by atoms with E-state index in [2.05, 4.69) is 20.9 Å². The number of hydrogen-bond acceptors (Lipinski definition) is 3. The monoisotopic (exact) mass is 552 g/mol. The summed E-state index contributed by atoms with van der Waals surface area (Å²) >= 11 is 0. The first-order chi connectivity index (χ1) is 14.2. The van der Waals surface area contributed by atoms with Crippen LogP contribution in [0, 0.1) is 11.6 Å². The lowest BCUT2D eigenvalue weighted by Gasteiger charge is -2.31. The molecule has 0 bridgehead atoms. The topological polar surface area (TPSA) is 74.8 Å². The molecule has 2 rings (SSSR count). The third kappa shape index (κ3) is 10.0. The van der Waals surface area contributed by atoms with Gasteiger partial charge in [0.15, 0.2) is 17.6 Å². The van der Waals surface area contributed by atoms with E-state index >= 15 is 0 Å². The maximum Gasteiger partial charge on any atom is 0.407 e. The van der Waals surface area contributed by atoms with Crippen LogP contribution in [0.15, 0.2) is 23.2 Å². The summed E-state index contributed by atoms with van der Waals surface area (Å²) < 4.78 is 32.4. The molecular formula is C22H35F2IN4O2. The average molecular weight is 552 g/mol. The van der Waals surface area contributed by atoms with Gasteiger partial charge in [-0.05, 0) is 71.4 Å². The standard InChI is InChI=1S/C22H34F2N4O2.HI/c1-5-25-20(26-14-13-15-7-6-8-18(23)19(15)24)27-16-9-11-17(12-10-16)28-21(29)30-22(2,3)4;/h6-8,16-17H,5,9-14H2,1-4H3,(H,28,29)(H2,25,26,27);1H. The summed E-state index contributed by atoms with van der Waals surface area (Å²) in [6, 6.07) is 4.54. The highest BCUT2D eigenvalue weighted by molar-refractivity contribution is 14.0. The maximum absolute atomic E-state index is 13.8. The Kier molecular flexibility index (Phi) is 11.5. The third-order valence-electron chi connectivity index (χ3n) is 4.82. The van der Waals surface area contributed by atoms with Crippen LogP contribution in [0.5, 0.6) is 0 Å². The van der Waals surface area contributed by atoms with E-state index in [1.54, 1.807) is 6.07 Å². The van der Waals surface area contributed by atoms with E-state index in [9.17, 15) is 13.6 Å². The first-order valence-electron chi connectivity index (χ1n) is 10.6. The van der Waals surface area contributed by atoms with E-state index in [0.29, 0.717) is 31.0 Å². The number of carbonyl (C=O) groups excluding carboxylic acids is 1.